The molecule has 0 aliphatic carbocycles. The fraction of sp³-hybridized carbons (Fsp3) is 0.278. The maximum absolute atomic E-state index is 13.0. The molecule has 1 aliphatic rings. The van der Waals surface area contributed by atoms with Crippen LogP contribution in [-0.2, 0) is 19.4 Å². The van der Waals surface area contributed by atoms with Crippen LogP contribution in [0.5, 0.6) is 5.75 Å². The van der Waals surface area contributed by atoms with Crippen molar-refractivity contribution in [2.75, 3.05) is 7.11 Å². The molecule has 2 aromatic rings. The number of methoxy groups -OCH3 is 1. The lowest BCUT2D eigenvalue weighted by atomic mass is 10.0. The first-order valence-corrected chi connectivity index (χ1v) is 9.19. The third-order valence-corrected chi connectivity index (χ3v) is 6.35. The molecule has 1 heterocycles. The molecular weight excluding hydrogens is 328 g/mol. The summed E-state index contributed by atoms with van der Waals surface area (Å²) in [5, 5.41) is -0.800. The molecule has 0 spiro atoms. The van der Waals surface area contributed by atoms with Crippen LogP contribution in [-0.4, -0.2) is 26.7 Å². The van der Waals surface area contributed by atoms with E-state index >= 15 is 0 Å². The van der Waals surface area contributed by atoms with E-state index in [4.69, 9.17) is 9.47 Å². The van der Waals surface area contributed by atoms with Crippen molar-refractivity contribution in [2.24, 2.45) is 0 Å². The minimum absolute atomic E-state index is 0.101. The average molecular weight is 346 g/mol. The second-order valence-electron chi connectivity index (χ2n) is 5.62. The Morgan fingerprint density at radius 3 is 2.33 bits per heavy atom. The van der Waals surface area contributed by atoms with Gasteiger partial charge < -0.3 is 9.47 Å². The molecule has 0 N–H and O–H groups in total. The van der Waals surface area contributed by atoms with E-state index in [-0.39, 0.29) is 23.7 Å². The number of rotatable bonds is 4. The van der Waals surface area contributed by atoms with Gasteiger partial charge in [-0.1, -0.05) is 30.3 Å². The number of sulfone groups is 1. The van der Waals surface area contributed by atoms with Crippen molar-refractivity contribution < 1.29 is 22.7 Å². The summed E-state index contributed by atoms with van der Waals surface area (Å²) >= 11 is 0. The van der Waals surface area contributed by atoms with E-state index in [2.05, 4.69) is 0 Å². The van der Waals surface area contributed by atoms with Gasteiger partial charge in [0.2, 0.25) is 0 Å². The third kappa shape index (κ3) is 3.14. The van der Waals surface area contributed by atoms with E-state index in [1.165, 1.54) is 19.2 Å². The van der Waals surface area contributed by atoms with Crippen molar-refractivity contribution in [1.82, 2.24) is 0 Å². The molecule has 0 unspecified atom stereocenters. The quantitative estimate of drug-likeness (QED) is 0.796. The van der Waals surface area contributed by atoms with Gasteiger partial charge in [0.05, 0.1) is 12.0 Å². The van der Waals surface area contributed by atoms with Gasteiger partial charge in [-0.15, -0.1) is 0 Å². The monoisotopic (exact) mass is 346 g/mol. The highest BCUT2D eigenvalue weighted by atomic mass is 32.2. The highest BCUT2D eigenvalue weighted by Gasteiger charge is 2.41. The van der Waals surface area contributed by atoms with Crippen LogP contribution in [0.25, 0.3) is 0 Å². The molecular formula is C18H18O5S. The minimum Gasteiger partial charge on any atom is -0.497 e. The Bertz CT molecular complexity index is 812. The molecule has 2 aromatic carbocycles. The fourth-order valence-electron chi connectivity index (χ4n) is 2.87. The summed E-state index contributed by atoms with van der Waals surface area (Å²) in [6.07, 6.45) is -0.449. The van der Waals surface area contributed by atoms with Gasteiger partial charge in [0.15, 0.2) is 9.84 Å². The van der Waals surface area contributed by atoms with Gasteiger partial charge in [0.1, 0.15) is 17.1 Å². The largest absolute Gasteiger partial charge is 0.497 e. The zero-order chi connectivity index (χ0) is 17.2. The predicted octanol–water partition coefficient (Wildman–Crippen LogP) is 2.92. The van der Waals surface area contributed by atoms with Crippen molar-refractivity contribution in [1.29, 1.82) is 0 Å². The molecule has 3 rings (SSSR count). The van der Waals surface area contributed by atoms with Gasteiger partial charge in [-0.25, -0.2) is 8.42 Å². The Morgan fingerprint density at radius 1 is 1.04 bits per heavy atom. The van der Waals surface area contributed by atoms with Gasteiger partial charge >= 0.3 is 5.97 Å². The molecule has 126 valence electrons. The first-order chi connectivity index (χ1) is 11.5. The molecule has 1 fully saturated rings. The van der Waals surface area contributed by atoms with Crippen molar-refractivity contribution in [3.63, 3.8) is 0 Å². The molecule has 0 saturated carbocycles. The summed E-state index contributed by atoms with van der Waals surface area (Å²) in [5.41, 5.74) is 0.688. The SMILES string of the molecule is COc1ccc(S(=O)(=O)[C@@H]2CCC(=O)O[C@@H]2c2ccccc2)cc1. The minimum atomic E-state index is -3.64. The number of carbonyl (C=O) groups excluding carboxylic acids is 1. The van der Waals surface area contributed by atoms with E-state index in [0.717, 1.165) is 0 Å². The van der Waals surface area contributed by atoms with E-state index in [1.54, 1.807) is 36.4 Å². The topological polar surface area (TPSA) is 69.7 Å². The second-order valence-corrected chi connectivity index (χ2v) is 7.79. The smallest absolute Gasteiger partial charge is 0.306 e. The van der Waals surface area contributed by atoms with Crippen LogP contribution in [0.4, 0.5) is 0 Å². The lowest BCUT2D eigenvalue weighted by molar-refractivity contribution is -0.153. The molecule has 6 heteroatoms. The summed E-state index contributed by atoms with van der Waals surface area (Å²) in [7, 11) is -2.12. The van der Waals surface area contributed by atoms with Crippen LogP contribution in [0, 0.1) is 0 Å². The summed E-state index contributed by atoms with van der Waals surface area (Å²) in [5.74, 6) is 0.216. The Morgan fingerprint density at radius 2 is 1.71 bits per heavy atom. The molecule has 2 atom stereocenters. The van der Waals surface area contributed by atoms with E-state index in [0.29, 0.717) is 11.3 Å². The molecule has 0 aromatic heterocycles. The summed E-state index contributed by atoms with van der Waals surface area (Å²) in [6, 6.07) is 15.3. The number of esters is 1. The first kappa shape index (κ1) is 16.5. The number of ether oxygens (including phenoxy) is 2. The van der Waals surface area contributed by atoms with Gasteiger partial charge in [0.25, 0.3) is 0 Å². The zero-order valence-electron chi connectivity index (χ0n) is 13.2. The Hall–Kier alpha value is -2.34. The highest BCUT2D eigenvalue weighted by Crippen LogP contribution is 2.36. The first-order valence-electron chi connectivity index (χ1n) is 7.65. The van der Waals surface area contributed by atoms with Gasteiger partial charge in [-0.05, 0) is 36.2 Å². The number of hydrogen-bond donors (Lipinski definition) is 0. The maximum Gasteiger partial charge on any atom is 0.306 e. The van der Waals surface area contributed by atoms with Gasteiger partial charge in [-0.2, -0.15) is 0 Å². The molecule has 1 aliphatic heterocycles. The predicted molar refractivity (Wildman–Crippen MR) is 88.5 cm³/mol. The van der Waals surface area contributed by atoms with Crippen molar-refractivity contribution in [2.45, 2.75) is 29.1 Å². The molecule has 5 nitrogen and oxygen atoms in total. The van der Waals surface area contributed by atoms with Crippen LogP contribution in [0.3, 0.4) is 0 Å². The molecule has 24 heavy (non-hydrogen) atoms. The standard InChI is InChI=1S/C18H18O5S/c1-22-14-7-9-15(10-8-14)24(20,21)16-11-12-17(19)23-18(16)13-5-3-2-4-6-13/h2-10,16,18H,11-12H2,1H3/t16-,18-/m1/s1. The van der Waals surface area contributed by atoms with E-state index < -0.39 is 21.2 Å². The maximum atomic E-state index is 13.0. The van der Waals surface area contributed by atoms with Crippen molar-refractivity contribution >= 4 is 15.8 Å². The van der Waals surface area contributed by atoms with Crippen LogP contribution < -0.4 is 4.74 Å². The third-order valence-electron chi connectivity index (χ3n) is 4.14. The lowest BCUT2D eigenvalue weighted by Gasteiger charge is -2.31. The van der Waals surface area contributed by atoms with E-state index in [9.17, 15) is 13.2 Å². The average Bonchev–Trinajstić information content (AvgIpc) is 2.62. The summed E-state index contributed by atoms with van der Waals surface area (Å²) in [4.78, 5) is 11.9. The highest BCUT2D eigenvalue weighted by molar-refractivity contribution is 7.92. The number of hydrogen-bond acceptors (Lipinski definition) is 5. The number of benzene rings is 2. The summed E-state index contributed by atoms with van der Waals surface area (Å²) in [6.45, 7) is 0. The Balaban J connectivity index is 1.98. The van der Waals surface area contributed by atoms with Crippen molar-refractivity contribution in [3.8, 4) is 5.75 Å². The van der Waals surface area contributed by atoms with Gasteiger partial charge in [-0.3, -0.25) is 4.79 Å². The van der Waals surface area contributed by atoms with Crippen LogP contribution >= 0.6 is 0 Å². The molecule has 1 saturated heterocycles. The van der Waals surface area contributed by atoms with Crippen LogP contribution in [0.1, 0.15) is 24.5 Å². The molecule has 0 bridgehead atoms. The Kier molecular flexibility index (Phi) is 4.57. The molecule has 0 radical (unpaired) electrons. The lowest BCUT2D eigenvalue weighted by Crippen LogP contribution is -2.36. The number of cyclic esters (lactones) is 1. The normalized spacial score (nSPS) is 21.1. The van der Waals surface area contributed by atoms with E-state index in [1.807, 2.05) is 6.07 Å². The molecule has 0 amide bonds. The van der Waals surface area contributed by atoms with Crippen LogP contribution in [0.15, 0.2) is 59.5 Å². The summed E-state index contributed by atoms with van der Waals surface area (Å²) < 4.78 is 36.6. The zero-order valence-corrected chi connectivity index (χ0v) is 14.0. The second kappa shape index (κ2) is 6.65. The van der Waals surface area contributed by atoms with Crippen molar-refractivity contribution in [3.05, 3.63) is 60.2 Å². The Labute approximate surface area is 141 Å². The van der Waals surface area contributed by atoms with Gasteiger partial charge in [0, 0.05) is 6.42 Å². The number of carbonyl (C=O) groups is 1. The fourth-order valence-corrected chi connectivity index (χ4v) is 4.70. The van der Waals surface area contributed by atoms with Crippen LogP contribution in [0.2, 0.25) is 0 Å².